The van der Waals surface area contributed by atoms with Crippen LogP contribution in [-0.2, 0) is 14.8 Å². The smallest absolute Gasteiger partial charge is 0.304 e. The van der Waals surface area contributed by atoms with E-state index < -0.39 is 33.0 Å². The van der Waals surface area contributed by atoms with Crippen molar-refractivity contribution in [1.82, 2.24) is 4.72 Å². The number of sulfonamides is 1. The van der Waals surface area contributed by atoms with Gasteiger partial charge in [-0.2, -0.15) is 0 Å². The first-order valence-electron chi connectivity index (χ1n) is 4.89. The number of carbonyl (C=O) groups is 1. The van der Waals surface area contributed by atoms with Gasteiger partial charge in [0.1, 0.15) is 5.02 Å². The average molecular weight is 309 g/mol. The molecule has 2 N–H and O–H groups in total. The Hall–Kier alpha value is -1.71. The summed E-state index contributed by atoms with van der Waals surface area (Å²) in [6, 6.07) is 3.00. The van der Waals surface area contributed by atoms with Crippen molar-refractivity contribution in [2.75, 3.05) is 6.54 Å². The number of nitro benzene ring substituents is 1. The molecule has 0 fully saturated rings. The molecular formula is C9H9ClN2O6S. The zero-order valence-corrected chi connectivity index (χ0v) is 10.9. The quantitative estimate of drug-likeness (QED) is 0.596. The molecule has 0 unspecified atom stereocenters. The van der Waals surface area contributed by atoms with E-state index in [0.717, 1.165) is 18.2 Å². The summed E-state index contributed by atoms with van der Waals surface area (Å²) in [6.07, 6.45) is -0.394. The molecule has 0 atom stereocenters. The predicted molar refractivity (Wildman–Crippen MR) is 65.5 cm³/mol. The molecule has 0 aliphatic heterocycles. The highest BCUT2D eigenvalue weighted by molar-refractivity contribution is 7.89. The standard InChI is InChI=1S/C9H9ClN2O6S/c10-7-2-1-6(5-8(7)12(15)16)19(17,18)11-4-3-9(13)14/h1-2,5,11H,3-4H2,(H,13,14). The van der Waals surface area contributed by atoms with Crippen LogP contribution in [0.1, 0.15) is 6.42 Å². The molecule has 0 aliphatic rings. The fraction of sp³-hybridized carbons (Fsp3) is 0.222. The van der Waals surface area contributed by atoms with E-state index in [2.05, 4.69) is 0 Å². The normalized spacial score (nSPS) is 11.2. The van der Waals surface area contributed by atoms with Crippen molar-refractivity contribution >= 4 is 33.3 Å². The Morgan fingerprint density at radius 3 is 2.63 bits per heavy atom. The van der Waals surface area contributed by atoms with Crippen molar-refractivity contribution in [3.05, 3.63) is 33.3 Å². The number of carboxylic acid groups (broad SMARTS) is 1. The van der Waals surface area contributed by atoms with Crippen LogP contribution in [0.5, 0.6) is 0 Å². The second-order valence-corrected chi connectivity index (χ2v) is 5.59. The van der Waals surface area contributed by atoms with E-state index in [0.29, 0.717) is 0 Å². The summed E-state index contributed by atoms with van der Waals surface area (Å²) in [5, 5.41) is 18.8. The number of carboxylic acids is 1. The van der Waals surface area contributed by atoms with Crippen LogP contribution in [-0.4, -0.2) is 31.0 Å². The molecule has 1 aromatic rings. The number of halogens is 1. The number of rotatable bonds is 6. The maximum Gasteiger partial charge on any atom is 0.304 e. The predicted octanol–water partition coefficient (Wildman–Crippen LogP) is 1.00. The molecule has 0 aliphatic carbocycles. The summed E-state index contributed by atoms with van der Waals surface area (Å²) >= 11 is 5.55. The van der Waals surface area contributed by atoms with E-state index in [4.69, 9.17) is 16.7 Å². The molecule has 0 radical (unpaired) electrons. The Labute approximate surface area is 113 Å². The van der Waals surface area contributed by atoms with Crippen LogP contribution >= 0.6 is 11.6 Å². The fourth-order valence-corrected chi connectivity index (χ4v) is 2.41. The van der Waals surface area contributed by atoms with Crippen LogP contribution in [0.25, 0.3) is 0 Å². The number of nitro groups is 1. The molecule has 1 rings (SSSR count). The summed E-state index contributed by atoms with van der Waals surface area (Å²) in [4.78, 5) is 19.7. The third kappa shape index (κ3) is 4.16. The van der Waals surface area contributed by atoms with Crippen molar-refractivity contribution in [1.29, 1.82) is 0 Å². The van der Waals surface area contributed by atoms with Crippen LogP contribution in [0.2, 0.25) is 5.02 Å². The van der Waals surface area contributed by atoms with Gasteiger partial charge in [0.05, 0.1) is 16.2 Å². The highest BCUT2D eigenvalue weighted by Crippen LogP contribution is 2.26. The minimum Gasteiger partial charge on any atom is -0.481 e. The molecule has 8 nitrogen and oxygen atoms in total. The number of aliphatic carboxylic acids is 1. The summed E-state index contributed by atoms with van der Waals surface area (Å²) in [7, 11) is -4.01. The first-order chi connectivity index (χ1) is 8.74. The highest BCUT2D eigenvalue weighted by atomic mass is 35.5. The van der Waals surface area contributed by atoms with Crippen LogP contribution in [0, 0.1) is 10.1 Å². The zero-order valence-electron chi connectivity index (χ0n) is 9.37. The molecule has 1 aromatic carbocycles. The Morgan fingerprint density at radius 1 is 1.47 bits per heavy atom. The molecule has 0 bridgehead atoms. The van der Waals surface area contributed by atoms with Crippen LogP contribution < -0.4 is 4.72 Å². The van der Waals surface area contributed by atoms with Gasteiger partial charge in [-0.15, -0.1) is 0 Å². The lowest BCUT2D eigenvalue weighted by atomic mass is 10.3. The molecule has 0 heterocycles. The van der Waals surface area contributed by atoms with Gasteiger partial charge in [-0.25, -0.2) is 13.1 Å². The Morgan fingerprint density at radius 2 is 2.11 bits per heavy atom. The van der Waals surface area contributed by atoms with Gasteiger partial charge in [0, 0.05) is 12.6 Å². The Kier molecular flexibility index (Phi) is 4.81. The topological polar surface area (TPSA) is 127 Å². The molecule has 0 amide bonds. The van der Waals surface area contributed by atoms with E-state index >= 15 is 0 Å². The SMILES string of the molecule is O=C(O)CCNS(=O)(=O)c1ccc(Cl)c([N+](=O)[O-])c1. The minimum absolute atomic E-state index is 0.186. The monoisotopic (exact) mass is 308 g/mol. The Bertz CT molecular complexity index is 615. The van der Waals surface area contributed by atoms with E-state index in [-0.39, 0.29) is 16.5 Å². The number of hydrogen-bond acceptors (Lipinski definition) is 5. The van der Waals surface area contributed by atoms with Crippen LogP contribution in [0.15, 0.2) is 23.1 Å². The van der Waals surface area contributed by atoms with Crippen LogP contribution in [0.4, 0.5) is 5.69 Å². The number of benzene rings is 1. The van der Waals surface area contributed by atoms with Gasteiger partial charge in [0.25, 0.3) is 5.69 Å². The van der Waals surface area contributed by atoms with E-state index in [1.807, 2.05) is 4.72 Å². The fourth-order valence-electron chi connectivity index (χ4n) is 1.18. The summed E-state index contributed by atoms with van der Waals surface area (Å²) in [5.74, 6) is -1.16. The number of nitrogens with one attached hydrogen (secondary N) is 1. The van der Waals surface area contributed by atoms with Gasteiger partial charge in [0.2, 0.25) is 10.0 Å². The van der Waals surface area contributed by atoms with Gasteiger partial charge in [0.15, 0.2) is 0 Å². The van der Waals surface area contributed by atoms with Gasteiger partial charge in [-0.05, 0) is 12.1 Å². The van der Waals surface area contributed by atoms with Crippen molar-refractivity contribution in [3.8, 4) is 0 Å². The van der Waals surface area contributed by atoms with Crippen molar-refractivity contribution in [2.45, 2.75) is 11.3 Å². The molecule has 104 valence electrons. The summed E-state index contributed by atoms with van der Waals surface area (Å²) in [5.41, 5.74) is -0.539. The maximum atomic E-state index is 11.7. The van der Waals surface area contributed by atoms with E-state index in [1.165, 1.54) is 0 Å². The van der Waals surface area contributed by atoms with Crippen LogP contribution in [0.3, 0.4) is 0 Å². The molecule has 0 aromatic heterocycles. The second-order valence-electron chi connectivity index (χ2n) is 3.41. The van der Waals surface area contributed by atoms with Gasteiger partial charge < -0.3 is 5.11 Å². The van der Waals surface area contributed by atoms with Gasteiger partial charge in [-0.1, -0.05) is 11.6 Å². The first kappa shape index (κ1) is 15.3. The lowest BCUT2D eigenvalue weighted by molar-refractivity contribution is -0.384. The third-order valence-electron chi connectivity index (χ3n) is 2.06. The molecular weight excluding hydrogens is 300 g/mol. The zero-order chi connectivity index (χ0) is 14.6. The lowest BCUT2D eigenvalue weighted by Gasteiger charge is -2.05. The van der Waals surface area contributed by atoms with E-state index in [9.17, 15) is 23.3 Å². The summed E-state index contributed by atoms with van der Waals surface area (Å²) in [6.45, 7) is -0.311. The Balaban J connectivity index is 2.99. The second kappa shape index (κ2) is 5.95. The third-order valence-corrected chi connectivity index (χ3v) is 3.83. The van der Waals surface area contributed by atoms with Crippen molar-refractivity contribution in [2.24, 2.45) is 0 Å². The molecule has 19 heavy (non-hydrogen) atoms. The van der Waals surface area contributed by atoms with Gasteiger partial charge in [-0.3, -0.25) is 14.9 Å². The average Bonchev–Trinajstić information content (AvgIpc) is 2.27. The largest absolute Gasteiger partial charge is 0.481 e. The van der Waals surface area contributed by atoms with Crippen molar-refractivity contribution < 1.29 is 23.2 Å². The number of nitrogens with zero attached hydrogens (tertiary/aromatic N) is 1. The lowest BCUT2D eigenvalue weighted by Crippen LogP contribution is -2.26. The van der Waals surface area contributed by atoms with Crippen molar-refractivity contribution in [3.63, 3.8) is 0 Å². The first-order valence-corrected chi connectivity index (χ1v) is 6.75. The molecule has 0 saturated carbocycles. The minimum atomic E-state index is -4.01. The molecule has 10 heteroatoms. The van der Waals surface area contributed by atoms with Gasteiger partial charge >= 0.3 is 5.97 Å². The molecule has 0 saturated heterocycles. The molecule has 0 spiro atoms. The highest BCUT2D eigenvalue weighted by Gasteiger charge is 2.20. The summed E-state index contributed by atoms with van der Waals surface area (Å²) < 4.78 is 25.5. The van der Waals surface area contributed by atoms with E-state index in [1.54, 1.807) is 0 Å². The number of hydrogen-bond donors (Lipinski definition) is 2. The maximum absolute atomic E-state index is 11.7.